The third-order valence-electron chi connectivity index (χ3n) is 3.86. The summed E-state index contributed by atoms with van der Waals surface area (Å²) in [5.41, 5.74) is 4.86. The van der Waals surface area contributed by atoms with E-state index < -0.39 is 5.60 Å². The molecular formula is C16H16O. The van der Waals surface area contributed by atoms with Crippen LogP contribution in [0.3, 0.4) is 0 Å². The number of aliphatic hydroxyl groups is 1. The van der Waals surface area contributed by atoms with E-state index in [1.807, 2.05) is 25.1 Å². The highest BCUT2D eigenvalue weighted by Crippen LogP contribution is 2.50. The van der Waals surface area contributed by atoms with Gasteiger partial charge in [0.25, 0.3) is 0 Å². The van der Waals surface area contributed by atoms with E-state index in [-0.39, 0.29) is 0 Å². The highest BCUT2D eigenvalue weighted by atomic mass is 16.3. The highest BCUT2D eigenvalue weighted by Gasteiger charge is 2.40. The maximum atomic E-state index is 11.0. The molecule has 1 nitrogen and oxygen atoms in total. The van der Waals surface area contributed by atoms with Gasteiger partial charge in [-0.2, -0.15) is 0 Å². The van der Waals surface area contributed by atoms with Crippen molar-refractivity contribution in [3.8, 4) is 11.1 Å². The van der Waals surface area contributed by atoms with Crippen molar-refractivity contribution >= 4 is 0 Å². The number of hydrogen-bond acceptors (Lipinski definition) is 1. The Bertz CT molecular complexity index is 586. The second kappa shape index (κ2) is 3.44. The fourth-order valence-corrected chi connectivity index (χ4v) is 3.02. The number of benzene rings is 2. The molecule has 3 rings (SSSR count). The molecule has 0 saturated carbocycles. The van der Waals surface area contributed by atoms with Crippen LogP contribution in [-0.4, -0.2) is 5.11 Å². The normalized spacial score (nSPS) is 21.1. The largest absolute Gasteiger partial charge is 0.380 e. The quantitative estimate of drug-likeness (QED) is 0.784. The van der Waals surface area contributed by atoms with E-state index in [0.717, 1.165) is 11.1 Å². The Morgan fingerprint density at radius 2 is 1.71 bits per heavy atom. The van der Waals surface area contributed by atoms with Gasteiger partial charge >= 0.3 is 0 Å². The summed E-state index contributed by atoms with van der Waals surface area (Å²) in [7, 11) is 0. The Balaban J connectivity index is 2.42. The summed E-state index contributed by atoms with van der Waals surface area (Å²) in [5.74, 6) is 0. The van der Waals surface area contributed by atoms with Gasteiger partial charge in [-0.1, -0.05) is 49.4 Å². The maximum absolute atomic E-state index is 11.0. The lowest BCUT2D eigenvalue weighted by Gasteiger charge is -2.25. The topological polar surface area (TPSA) is 20.2 Å². The summed E-state index contributed by atoms with van der Waals surface area (Å²) >= 11 is 0. The van der Waals surface area contributed by atoms with Crippen LogP contribution in [0.2, 0.25) is 0 Å². The molecule has 0 aliphatic heterocycles. The van der Waals surface area contributed by atoms with Crippen LogP contribution in [0.25, 0.3) is 11.1 Å². The lowest BCUT2D eigenvalue weighted by Crippen LogP contribution is -2.24. The van der Waals surface area contributed by atoms with Crippen LogP contribution in [-0.2, 0) is 5.60 Å². The van der Waals surface area contributed by atoms with E-state index >= 15 is 0 Å². The average Bonchev–Trinajstić information content (AvgIpc) is 2.63. The molecular weight excluding hydrogens is 208 g/mol. The molecule has 0 bridgehead atoms. The fourth-order valence-electron chi connectivity index (χ4n) is 3.02. The SMILES string of the molecule is CCC1(O)c2ccccc2-c2cccc(C)c21. The Hall–Kier alpha value is -1.60. The second-order valence-corrected chi connectivity index (χ2v) is 4.76. The minimum atomic E-state index is -0.808. The minimum Gasteiger partial charge on any atom is -0.380 e. The molecule has 0 saturated heterocycles. The van der Waals surface area contributed by atoms with Gasteiger partial charge in [0.2, 0.25) is 0 Å². The molecule has 0 aromatic heterocycles. The van der Waals surface area contributed by atoms with Crippen LogP contribution < -0.4 is 0 Å². The Morgan fingerprint density at radius 1 is 1.00 bits per heavy atom. The third kappa shape index (κ3) is 1.23. The zero-order chi connectivity index (χ0) is 12.0. The molecule has 1 aliphatic rings. The Kier molecular flexibility index (Phi) is 2.14. The molecule has 0 spiro atoms. The summed E-state index contributed by atoms with van der Waals surface area (Å²) in [6, 6.07) is 14.4. The molecule has 0 heterocycles. The molecule has 0 amide bonds. The molecule has 1 atom stereocenters. The van der Waals surface area contributed by atoms with Gasteiger partial charge in [-0.15, -0.1) is 0 Å². The minimum absolute atomic E-state index is 0.710. The van der Waals surface area contributed by atoms with Gasteiger partial charge in [-0.25, -0.2) is 0 Å². The van der Waals surface area contributed by atoms with Crippen LogP contribution in [0.4, 0.5) is 0 Å². The molecule has 1 heteroatoms. The average molecular weight is 224 g/mol. The predicted molar refractivity (Wildman–Crippen MR) is 69.9 cm³/mol. The lowest BCUT2D eigenvalue weighted by molar-refractivity contribution is 0.0808. The van der Waals surface area contributed by atoms with E-state index in [1.54, 1.807) is 0 Å². The first-order valence-corrected chi connectivity index (χ1v) is 6.11. The van der Waals surface area contributed by atoms with Gasteiger partial charge in [0, 0.05) is 0 Å². The monoisotopic (exact) mass is 224 g/mol. The molecule has 1 aliphatic carbocycles. The summed E-state index contributed by atoms with van der Waals surface area (Å²) in [6.07, 6.45) is 0.710. The van der Waals surface area contributed by atoms with Gasteiger partial charge in [-0.05, 0) is 41.2 Å². The second-order valence-electron chi connectivity index (χ2n) is 4.76. The van der Waals surface area contributed by atoms with Gasteiger partial charge in [0.05, 0.1) is 0 Å². The van der Waals surface area contributed by atoms with Crippen LogP contribution in [0.5, 0.6) is 0 Å². The number of rotatable bonds is 1. The lowest BCUT2D eigenvalue weighted by atomic mass is 9.86. The fraction of sp³-hybridized carbons (Fsp3) is 0.250. The summed E-state index contributed by atoms with van der Waals surface area (Å²) in [4.78, 5) is 0. The first kappa shape index (κ1) is 10.5. The van der Waals surface area contributed by atoms with Gasteiger partial charge < -0.3 is 5.11 Å². The summed E-state index contributed by atoms with van der Waals surface area (Å²) in [5, 5.41) is 11.0. The van der Waals surface area contributed by atoms with E-state index in [9.17, 15) is 5.11 Å². The van der Waals surface area contributed by atoms with Crippen LogP contribution >= 0.6 is 0 Å². The van der Waals surface area contributed by atoms with Crippen molar-refractivity contribution < 1.29 is 5.11 Å². The third-order valence-corrected chi connectivity index (χ3v) is 3.86. The van der Waals surface area contributed by atoms with Crippen molar-refractivity contribution in [2.24, 2.45) is 0 Å². The van der Waals surface area contributed by atoms with Crippen molar-refractivity contribution in [1.29, 1.82) is 0 Å². The maximum Gasteiger partial charge on any atom is 0.116 e. The highest BCUT2D eigenvalue weighted by molar-refractivity contribution is 5.81. The Labute approximate surface area is 102 Å². The van der Waals surface area contributed by atoms with Gasteiger partial charge in [0.1, 0.15) is 5.60 Å². The van der Waals surface area contributed by atoms with Crippen molar-refractivity contribution in [1.82, 2.24) is 0 Å². The molecule has 1 N–H and O–H groups in total. The first-order chi connectivity index (χ1) is 8.18. The standard InChI is InChI=1S/C16H16O/c1-3-16(17)14-10-5-4-8-12(14)13-9-6-7-11(2)15(13)16/h4-10,17H,3H2,1-2H3. The Morgan fingerprint density at radius 3 is 2.47 bits per heavy atom. The molecule has 17 heavy (non-hydrogen) atoms. The first-order valence-electron chi connectivity index (χ1n) is 6.11. The van der Waals surface area contributed by atoms with E-state index in [0.29, 0.717) is 6.42 Å². The van der Waals surface area contributed by atoms with Crippen LogP contribution in [0, 0.1) is 6.92 Å². The molecule has 2 aromatic rings. The number of fused-ring (bicyclic) bond motifs is 3. The zero-order valence-corrected chi connectivity index (χ0v) is 10.2. The molecule has 2 aromatic carbocycles. The van der Waals surface area contributed by atoms with E-state index in [2.05, 4.69) is 31.2 Å². The van der Waals surface area contributed by atoms with Crippen molar-refractivity contribution in [3.63, 3.8) is 0 Å². The van der Waals surface area contributed by atoms with Gasteiger partial charge in [0.15, 0.2) is 0 Å². The summed E-state index contributed by atoms with van der Waals surface area (Å²) in [6.45, 7) is 4.11. The van der Waals surface area contributed by atoms with Crippen molar-refractivity contribution in [3.05, 3.63) is 59.2 Å². The van der Waals surface area contributed by atoms with Crippen molar-refractivity contribution in [2.45, 2.75) is 25.9 Å². The molecule has 86 valence electrons. The number of aryl methyl sites for hydroxylation is 1. The van der Waals surface area contributed by atoms with Gasteiger partial charge in [-0.3, -0.25) is 0 Å². The number of hydrogen-bond donors (Lipinski definition) is 1. The van der Waals surface area contributed by atoms with Crippen LogP contribution in [0.15, 0.2) is 42.5 Å². The van der Waals surface area contributed by atoms with Crippen LogP contribution in [0.1, 0.15) is 30.0 Å². The van der Waals surface area contributed by atoms with E-state index in [4.69, 9.17) is 0 Å². The van der Waals surface area contributed by atoms with Crippen molar-refractivity contribution in [2.75, 3.05) is 0 Å². The molecule has 0 radical (unpaired) electrons. The predicted octanol–water partition coefficient (Wildman–Crippen LogP) is 3.62. The van der Waals surface area contributed by atoms with E-state index in [1.165, 1.54) is 16.7 Å². The zero-order valence-electron chi connectivity index (χ0n) is 10.2. The summed E-state index contributed by atoms with van der Waals surface area (Å²) < 4.78 is 0. The molecule has 1 unspecified atom stereocenters. The molecule has 0 fully saturated rings. The smallest absolute Gasteiger partial charge is 0.116 e.